The Balaban J connectivity index is 1.64. The molecule has 0 spiro atoms. The Morgan fingerprint density at radius 3 is 2.32 bits per heavy atom. The van der Waals surface area contributed by atoms with Gasteiger partial charge in [0.1, 0.15) is 17.1 Å². The quantitative estimate of drug-likeness (QED) is 0.417. The number of methoxy groups -OCH3 is 2. The van der Waals surface area contributed by atoms with E-state index in [9.17, 15) is 9.59 Å². The highest BCUT2D eigenvalue weighted by molar-refractivity contribution is 6.30. The molecule has 38 heavy (non-hydrogen) atoms. The predicted octanol–water partition coefficient (Wildman–Crippen LogP) is 5.91. The van der Waals surface area contributed by atoms with Gasteiger partial charge in [0.05, 0.1) is 43.0 Å². The maximum absolute atomic E-state index is 13.6. The van der Waals surface area contributed by atoms with Gasteiger partial charge in [0.15, 0.2) is 0 Å². The van der Waals surface area contributed by atoms with Crippen LogP contribution in [-0.4, -0.2) is 59.6 Å². The first-order valence-corrected chi connectivity index (χ1v) is 12.8. The zero-order valence-electron chi connectivity index (χ0n) is 22.3. The largest absolute Gasteiger partial charge is 0.497 e. The summed E-state index contributed by atoms with van der Waals surface area (Å²) in [5, 5.41) is 8.15. The second-order valence-electron chi connectivity index (χ2n) is 10.1. The van der Waals surface area contributed by atoms with E-state index in [1.165, 1.54) is 0 Å². The van der Waals surface area contributed by atoms with Crippen molar-refractivity contribution in [2.24, 2.45) is 0 Å². The fourth-order valence-electron chi connectivity index (χ4n) is 4.48. The van der Waals surface area contributed by atoms with Gasteiger partial charge in [0.2, 0.25) is 0 Å². The Labute approximate surface area is 227 Å². The minimum absolute atomic E-state index is 0.0141. The summed E-state index contributed by atoms with van der Waals surface area (Å²) in [6.45, 7) is 6.58. The third-order valence-electron chi connectivity index (χ3n) is 6.31. The van der Waals surface area contributed by atoms with Crippen molar-refractivity contribution >= 4 is 29.3 Å². The summed E-state index contributed by atoms with van der Waals surface area (Å²) in [5.74, 6) is 0.769. The molecule has 0 aliphatic carbocycles. The number of hydrogen-bond donors (Lipinski definition) is 1. The maximum Gasteiger partial charge on any atom is 0.410 e. The summed E-state index contributed by atoms with van der Waals surface area (Å²) in [7, 11) is 3.10. The highest BCUT2D eigenvalue weighted by atomic mass is 35.5. The van der Waals surface area contributed by atoms with Crippen LogP contribution in [0, 0.1) is 0 Å². The molecule has 0 bridgehead atoms. The minimum Gasteiger partial charge on any atom is -0.497 e. The van der Waals surface area contributed by atoms with E-state index in [4.69, 9.17) is 25.8 Å². The number of amides is 2. The van der Waals surface area contributed by atoms with Crippen LogP contribution in [0.4, 0.5) is 10.5 Å². The van der Waals surface area contributed by atoms with Crippen LogP contribution in [0.5, 0.6) is 11.5 Å². The maximum atomic E-state index is 13.6. The van der Waals surface area contributed by atoms with Crippen molar-refractivity contribution in [2.75, 3.05) is 32.6 Å². The molecule has 10 heteroatoms. The highest BCUT2D eigenvalue weighted by Crippen LogP contribution is 2.34. The van der Waals surface area contributed by atoms with Crippen LogP contribution in [0.1, 0.15) is 55.6 Å². The van der Waals surface area contributed by atoms with E-state index in [1.54, 1.807) is 60.3 Å². The molecule has 2 amide bonds. The molecule has 2 heterocycles. The molecule has 3 aromatic rings. The van der Waals surface area contributed by atoms with Crippen LogP contribution < -0.4 is 14.8 Å². The van der Waals surface area contributed by atoms with Crippen LogP contribution >= 0.6 is 11.6 Å². The van der Waals surface area contributed by atoms with E-state index in [1.807, 2.05) is 32.9 Å². The van der Waals surface area contributed by atoms with E-state index in [2.05, 4.69) is 10.4 Å². The molecule has 202 valence electrons. The number of nitrogens with one attached hydrogen (secondary N) is 1. The van der Waals surface area contributed by atoms with Gasteiger partial charge < -0.3 is 24.4 Å². The lowest BCUT2D eigenvalue weighted by atomic mass is 9.90. The topological polar surface area (TPSA) is 94.9 Å². The van der Waals surface area contributed by atoms with Crippen LogP contribution in [0.25, 0.3) is 5.69 Å². The number of aromatic nitrogens is 2. The van der Waals surface area contributed by atoms with Gasteiger partial charge >= 0.3 is 6.09 Å². The summed E-state index contributed by atoms with van der Waals surface area (Å²) in [4.78, 5) is 27.9. The van der Waals surface area contributed by atoms with Crippen molar-refractivity contribution < 1.29 is 23.8 Å². The van der Waals surface area contributed by atoms with Crippen molar-refractivity contribution in [2.45, 2.75) is 45.1 Å². The van der Waals surface area contributed by atoms with Gasteiger partial charge in [-0.15, -0.1) is 0 Å². The SMILES string of the molecule is COc1ccc(OC)c(NC(=O)c2cnn(-c3ccc(Cl)cc3)c2C2CCN(C(=O)OC(C)(C)C)CC2)c1. The molecule has 0 saturated carbocycles. The summed E-state index contributed by atoms with van der Waals surface area (Å²) >= 11 is 6.11. The van der Waals surface area contributed by atoms with Crippen LogP contribution in [0.15, 0.2) is 48.7 Å². The zero-order chi connectivity index (χ0) is 27.4. The minimum atomic E-state index is -0.562. The van der Waals surface area contributed by atoms with Crippen LogP contribution in [-0.2, 0) is 4.74 Å². The Kier molecular flexibility index (Phi) is 8.16. The van der Waals surface area contributed by atoms with E-state index < -0.39 is 5.60 Å². The second-order valence-corrected chi connectivity index (χ2v) is 10.5. The van der Waals surface area contributed by atoms with Crippen molar-refractivity contribution in [3.8, 4) is 17.2 Å². The Morgan fingerprint density at radius 1 is 1.03 bits per heavy atom. The number of anilines is 1. The average Bonchev–Trinajstić information content (AvgIpc) is 3.33. The fourth-order valence-corrected chi connectivity index (χ4v) is 4.60. The van der Waals surface area contributed by atoms with Gasteiger partial charge in [-0.25, -0.2) is 9.48 Å². The third kappa shape index (κ3) is 6.22. The number of hydrogen-bond acceptors (Lipinski definition) is 6. The monoisotopic (exact) mass is 540 g/mol. The number of rotatable bonds is 6. The number of likely N-dealkylation sites (tertiary alicyclic amines) is 1. The molecule has 1 N–H and O–H groups in total. The summed E-state index contributed by atoms with van der Waals surface area (Å²) < 4.78 is 18.1. The molecule has 4 rings (SSSR count). The lowest BCUT2D eigenvalue weighted by Gasteiger charge is -2.34. The molecule has 0 atom stereocenters. The molecule has 0 radical (unpaired) electrons. The first kappa shape index (κ1) is 27.3. The van der Waals surface area contributed by atoms with Crippen molar-refractivity contribution in [3.63, 3.8) is 0 Å². The first-order chi connectivity index (χ1) is 18.1. The van der Waals surface area contributed by atoms with Gasteiger partial charge in [-0.1, -0.05) is 11.6 Å². The average molecular weight is 541 g/mol. The third-order valence-corrected chi connectivity index (χ3v) is 6.56. The van der Waals surface area contributed by atoms with Crippen LogP contribution in [0.2, 0.25) is 5.02 Å². The Morgan fingerprint density at radius 2 is 1.71 bits per heavy atom. The molecule has 1 saturated heterocycles. The summed E-state index contributed by atoms with van der Waals surface area (Å²) in [6.07, 6.45) is 2.56. The van der Waals surface area contributed by atoms with Crippen LogP contribution in [0.3, 0.4) is 0 Å². The molecule has 1 fully saturated rings. The number of ether oxygens (including phenoxy) is 3. The summed E-state index contributed by atoms with van der Waals surface area (Å²) in [6, 6.07) is 12.5. The number of piperidine rings is 1. The molecule has 1 aliphatic rings. The van der Waals surface area contributed by atoms with Gasteiger partial charge in [0, 0.05) is 30.1 Å². The smallest absolute Gasteiger partial charge is 0.410 e. The molecule has 2 aromatic carbocycles. The van der Waals surface area contributed by atoms with E-state index in [0.29, 0.717) is 53.7 Å². The zero-order valence-corrected chi connectivity index (χ0v) is 23.0. The standard InChI is InChI=1S/C28H33ClN4O5/c1-28(2,3)38-27(35)32-14-12-18(13-15-32)25-22(17-30-33(25)20-8-6-19(29)7-9-20)26(34)31-23-16-21(36-4)10-11-24(23)37-5/h6-11,16-18H,12-15H2,1-5H3,(H,31,34). The molecule has 9 nitrogen and oxygen atoms in total. The van der Waals surface area contributed by atoms with Gasteiger partial charge in [-0.2, -0.15) is 5.10 Å². The highest BCUT2D eigenvalue weighted by Gasteiger charge is 2.32. The first-order valence-electron chi connectivity index (χ1n) is 12.4. The number of carbonyl (C=O) groups excluding carboxylic acids is 2. The Hall–Kier alpha value is -3.72. The fraction of sp³-hybridized carbons (Fsp3) is 0.393. The van der Waals surface area contributed by atoms with E-state index >= 15 is 0 Å². The lowest BCUT2D eigenvalue weighted by molar-refractivity contribution is 0.0203. The number of nitrogens with zero attached hydrogens (tertiary/aromatic N) is 3. The molecular weight excluding hydrogens is 508 g/mol. The normalized spacial score (nSPS) is 14.2. The van der Waals surface area contributed by atoms with Crippen molar-refractivity contribution in [3.05, 3.63) is 64.9 Å². The van der Waals surface area contributed by atoms with E-state index in [0.717, 1.165) is 11.4 Å². The van der Waals surface area contributed by atoms with Crippen molar-refractivity contribution in [1.82, 2.24) is 14.7 Å². The predicted molar refractivity (Wildman–Crippen MR) is 146 cm³/mol. The van der Waals surface area contributed by atoms with Gasteiger partial charge in [-0.3, -0.25) is 4.79 Å². The van der Waals surface area contributed by atoms with E-state index in [-0.39, 0.29) is 17.9 Å². The molecular formula is C28H33ClN4O5. The Bertz CT molecular complexity index is 1290. The lowest BCUT2D eigenvalue weighted by Crippen LogP contribution is -2.41. The van der Waals surface area contributed by atoms with Gasteiger partial charge in [-0.05, 0) is 70.0 Å². The molecule has 1 aromatic heterocycles. The molecule has 1 aliphatic heterocycles. The second kappa shape index (κ2) is 11.3. The van der Waals surface area contributed by atoms with Gasteiger partial charge in [0.25, 0.3) is 5.91 Å². The number of carbonyl (C=O) groups is 2. The number of halogens is 1. The van der Waals surface area contributed by atoms with Crippen molar-refractivity contribution in [1.29, 1.82) is 0 Å². The number of benzene rings is 2. The summed E-state index contributed by atoms with van der Waals surface area (Å²) in [5.41, 5.74) is 1.93. The molecule has 0 unspecified atom stereocenters.